The van der Waals surface area contributed by atoms with Gasteiger partial charge in [-0.2, -0.15) is 0 Å². The molecule has 0 aliphatic heterocycles. The van der Waals surface area contributed by atoms with Crippen LogP contribution in [-0.2, 0) is 4.79 Å². The molecule has 3 N–H and O–H groups in total. The summed E-state index contributed by atoms with van der Waals surface area (Å²) < 4.78 is 24.2. The van der Waals surface area contributed by atoms with Crippen LogP contribution in [-0.4, -0.2) is 50.0 Å². The van der Waals surface area contributed by atoms with E-state index in [1.807, 2.05) is 0 Å². The van der Waals surface area contributed by atoms with E-state index in [9.17, 15) is 13.6 Å². The summed E-state index contributed by atoms with van der Waals surface area (Å²) in [6.07, 6.45) is -2.45. The van der Waals surface area contributed by atoms with E-state index in [2.05, 4.69) is 5.32 Å². The van der Waals surface area contributed by atoms with Gasteiger partial charge in [0.05, 0.1) is 12.6 Å². The highest BCUT2D eigenvalue weighted by atomic mass is 19.3. The molecule has 0 aliphatic rings. The number of halogens is 2. The summed E-state index contributed by atoms with van der Waals surface area (Å²) in [6, 6.07) is -0.572. The van der Waals surface area contributed by atoms with Crippen molar-refractivity contribution in [2.24, 2.45) is 5.73 Å². The number of nitrogens with zero attached hydrogens (tertiary/aromatic N) is 1. The first-order valence-electron chi connectivity index (χ1n) is 4.46. The van der Waals surface area contributed by atoms with Crippen LogP contribution in [0.4, 0.5) is 8.78 Å². The molecule has 0 radical (unpaired) electrons. The average Bonchev–Trinajstić information content (AvgIpc) is 2.14. The van der Waals surface area contributed by atoms with E-state index in [-0.39, 0.29) is 12.5 Å². The molecule has 0 saturated carbocycles. The summed E-state index contributed by atoms with van der Waals surface area (Å²) in [6.45, 7) is 1.70. The van der Waals surface area contributed by atoms with Crippen molar-refractivity contribution in [3.63, 3.8) is 0 Å². The molecule has 0 aliphatic carbocycles. The fraction of sp³-hybridized carbons (Fsp3) is 0.875. The van der Waals surface area contributed by atoms with Crippen molar-refractivity contribution in [1.29, 1.82) is 0 Å². The van der Waals surface area contributed by atoms with Crippen LogP contribution in [0.1, 0.15) is 6.92 Å². The SMILES string of the molecule is CNC(=O)C(C)N(CCN)CC(F)F. The molecule has 84 valence electrons. The van der Waals surface area contributed by atoms with E-state index in [1.54, 1.807) is 6.92 Å². The summed E-state index contributed by atoms with van der Waals surface area (Å²) in [5.74, 6) is -0.279. The number of rotatable bonds is 6. The van der Waals surface area contributed by atoms with Gasteiger partial charge in [-0.15, -0.1) is 0 Å². The first-order valence-corrected chi connectivity index (χ1v) is 4.46. The Morgan fingerprint density at radius 2 is 2.14 bits per heavy atom. The first kappa shape index (κ1) is 13.2. The van der Waals surface area contributed by atoms with Crippen LogP contribution in [0.15, 0.2) is 0 Å². The number of hydrogen-bond donors (Lipinski definition) is 2. The number of carbonyl (C=O) groups excluding carboxylic acids is 1. The lowest BCUT2D eigenvalue weighted by Gasteiger charge is -2.26. The Hall–Kier alpha value is -0.750. The highest BCUT2D eigenvalue weighted by molar-refractivity contribution is 5.80. The minimum atomic E-state index is -2.45. The molecule has 0 aromatic carbocycles. The topological polar surface area (TPSA) is 58.4 Å². The summed E-state index contributed by atoms with van der Waals surface area (Å²) in [5.41, 5.74) is 5.27. The lowest BCUT2D eigenvalue weighted by atomic mass is 10.2. The van der Waals surface area contributed by atoms with E-state index >= 15 is 0 Å². The van der Waals surface area contributed by atoms with Gasteiger partial charge >= 0.3 is 0 Å². The summed E-state index contributed by atoms with van der Waals surface area (Å²) in [4.78, 5) is 12.5. The number of nitrogens with one attached hydrogen (secondary N) is 1. The van der Waals surface area contributed by atoms with Crippen molar-refractivity contribution < 1.29 is 13.6 Å². The zero-order valence-electron chi connectivity index (χ0n) is 8.46. The van der Waals surface area contributed by atoms with E-state index in [1.165, 1.54) is 11.9 Å². The van der Waals surface area contributed by atoms with Crippen molar-refractivity contribution in [3.8, 4) is 0 Å². The number of hydrogen-bond acceptors (Lipinski definition) is 3. The van der Waals surface area contributed by atoms with Gasteiger partial charge in [-0.3, -0.25) is 9.69 Å². The quantitative estimate of drug-likeness (QED) is 0.628. The van der Waals surface area contributed by atoms with Crippen LogP contribution < -0.4 is 11.1 Å². The highest BCUT2D eigenvalue weighted by Crippen LogP contribution is 2.03. The molecule has 0 fully saturated rings. The molecular formula is C8H17F2N3O. The Morgan fingerprint density at radius 3 is 2.50 bits per heavy atom. The second-order valence-corrected chi connectivity index (χ2v) is 2.96. The van der Waals surface area contributed by atoms with E-state index in [0.29, 0.717) is 6.54 Å². The molecule has 6 heteroatoms. The monoisotopic (exact) mass is 209 g/mol. The Morgan fingerprint density at radius 1 is 1.57 bits per heavy atom. The molecule has 0 heterocycles. The zero-order valence-corrected chi connectivity index (χ0v) is 8.46. The largest absolute Gasteiger partial charge is 0.358 e. The maximum atomic E-state index is 12.1. The third-order valence-electron chi connectivity index (χ3n) is 1.96. The Bertz CT molecular complexity index is 178. The van der Waals surface area contributed by atoms with Crippen molar-refractivity contribution in [3.05, 3.63) is 0 Å². The molecule has 1 atom stereocenters. The van der Waals surface area contributed by atoms with Crippen LogP contribution in [0.3, 0.4) is 0 Å². The fourth-order valence-electron chi connectivity index (χ4n) is 1.16. The number of nitrogens with two attached hydrogens (primary N) is 1. The molecule has 14 heavy (non-hydrogen) atoms. The number of carbonyl (C=O) groups is 1. The molecular weight excluding hydrogens is 192 g/mol. The molecule has 0 saturated heterocycles. The Kier molecular flexibility index (Phi) is 6.31. The third kappa shape index (κ3) is 4.48. The van der Waals surface area contributed by atoms with Gasteiger partial charge in [0.25, 0.3) is 6.43 Å². The van der Waals surface area contributed by atoms with Gasteiger partial charge in [0.15, 0.2) is 0 Å². The van der Waals surface area contributed by atoms with Crippen LogP contribution in [0.5, 0.6) is 0 Å². The maximum Gasteiger partial charge on any atom is 0.251 e. The molecule has 0 aromatic rings. The number of likely N-dealkylation sites (N-methyl/N-ethyl adjacent to an activating group) is 1. The minimum Gasteiger partial charge on any atom is -0.358 e. The molecule has 0 aromatic heterocycles. The van der Waals surface area contributed by atoms with E-state index < -0.39 is 19.0 Å². The Balaban J connectivity index is 4.24. The zero-order chi connectivity index (χ0) is 11.1. The van der Waals surface area contributed by atoms with Gasteiger partial charge in [0.1, 0.15) is 0 Å². The van der Waals surface area contributed by atoms with Crippen LogP contribution >= 0.6 is 0 Å². The molecule has 1 amide bonds. The van der Waals surface area contributed by atoms with Crippen molar-refractivity contribution in [2.45, 2.75) is 19.4 Å². The summed E-state index contributed by atoms with van der Waals surface area (Å²) in [5, 5.41) is 2.41. The normalized spacial score (nSPS) is 13.4. The van der Waals surface area contributed by atoms with Crippen LogP contribution in [0.25, 0.3) is 0 Å². The van der Waals surface area contributed by atoms with Gasteiger partial charge in [0, 0.05) is 20.1 Å². The second kappa shape index (κ2) is 6.67. The molecule has 0 rings (SSSR count). The van der Waals surface area contributed by atoms with Crippen LogP contribution in [0, 0.1) is 0 Å². The number of amides is 1. The third-order valence-corrected chi connectivity index (χ3v) is 1.96. The smallest absolute Gasteiger partial charge is 0.251 e. The first-order chi connectivity index (χ1) is 6.52. The molecule has 0 bridgehead atoms. The second-order valence-electron chi connectivity index (χ2n) is 2.96. The van der Waals surface area contributed by atoms with Gasteiger partial charge in [-0.05, 0) is 6.92 Å². The molecule has 1 unspecified atom stereocenters. The van der Waals surface area contributed by atoms with E-state index in [4.69, 9.17) is 5.73 Å². The van der Waals surface area contributed by atoms with Crippen LogP contribution in [0.2, 0.25) is 0 Å². The average molecular weight is 209 g/mol. The lowest BCUT2D eigenvalue weighted by Crippen LogP contribution is -2.47. The fourth-order valence-corrected chi connectivity index (χ4v) is 1.16. The Labute approximate surface area is 82.4 Å². The van der Waals surface area contributed by atoms with Gasteiger partial charge in [-0.25, -0.2) is 8.78 Å². The standard InChI is InChI=1S/C8H17F2N3O/c1-6(8(14)12-2)13(4-3-11)5-7(9)10/h6-7H,3-5,11H2,1-2H3,(H,12,14). The highest BCUT2D eigenvalue weighted by Gasteiger charge is 2.22. The predicted octanol–water partition coefficient (Wildman–Crippen LogP) is -0.353. The van der Waals surface area contributed by atoms with Crippen molar-refractivity contribution in [1.82, 2.24) is 10.2 Å². The maximum absolute atomic E-state index is 12.1. The minimum absolute atomic E-state index is 0.258. The van der Waals surface area contributed by atoms with Gasteiger partial charge in [-0.1, -0.05) is 0 Å². The lowest BCUT2D eigenvalue weighted by molar-refractivity contribution is -0.125. The van der Waals surface area contributed by atoms with E-state index in [0.717, 1.165) is 0 Å². The summed E-state index contributed by atoms with van der Waals surface area (Å²) >= 11 is 0. The predicted molar refractivity (Wildman–Crippen MR) is 50.2 cm³/mol. The number of alkyl halides is 2. The van der Waals surface area contributed by atoms with Crippen molar-refractivity contribution in [2.75, 3.05) is 26.7 Å². The van der Waals surface area contributed by atoms with Gasteiger partial charge < -0.3 is 11.1 Å². The molecule has 4 nitrogen and oxygen atoms in total. The molecule has 0 spiro atoms. The van der Waals surface area contributed by atoms with Gasteiger partial charge in [0.2, 0.25) is 5.91 Å². The van der Waals surface area contributed by atoms with Crippen molar-refractivity contribution >= 4 is 5.91 Å². The summed E-state index contributed by atoms with van der Waals surface area (Å²) in [7, 11) is 1.47.